The van der Waals surface area contributed by atoms with Crippen molar-refractivity contribution >= 4 is 11.9 Å². The van der Waals surface area contributed by atoms with E-state index in [0.29, 0.717) is 13.0 Å². The van der Waals surface area contributed by atoms with E-state index in [9.17, 15) is 9.59 Å². The third-order valence-corrected chi connectivity index (χ3v) is 2.72. The molecule has 5 nitrogen and oxygen atoms in total. The van der Waals surface area contributed by atoms with E-state index in [1.54, 1.807) is 0 Å². The van der Waals surface area contributed by atoms with Gasteiger partial charge in [-0.15, -0.1) is 0 Å². The highest BCUT2D eigenvalue weighted by molar-refractivity contribution is 5.81. The van der Waals surface area contributed by atoms with Gasteiger partial charge in [0.15, 0.2) is 0 Å². The molecule has 0 aliphatic carbocycles. The Morgan fingerprint density at radius 2 is 2.12 bits per heavy atom. The van der Waals surface area contributed by atoms with Crippen molar-refractivity contribution in [3.8, 4) is 0 Å². The van der Waals surface area contributed by atoms with Crippen molar-refractivity contribution < 1.29 is 19.4 Å². The highest BCUT2D eigenvalue weighted by Gasteiger charge is 2.34. The number of hydrogen-bond acceptors (Lipinski definition) is 3. The molecule has 1 aliphatic rings. The normalized spacial score (nSPS) is 29.0. The monoisotopic (exact) mass is 229 g/mol. The van der Waals surface area contributed by atoms with Crippen LogP contribution in [0.4, 0.5) is 0 Å². The van der Waals surface area contributed by atoms with Crippen LogP contribution in [0.2, 0.25) is 0 Å². The number of nitrogens with one attached hydrogen (secondary N) is 1. The minimum atomic E-state index is -0.839. The second kappa shape index (κ2) is 5.84. The molecule has 0 aromatic rings. The predicted octanol–water partition coefficient (Wildman–Crippen LogP) is 0.781. The van der Waals surface area contributed by atoms with Crippen LogP contribution < -0.4 is 5.32 Å². The van der Waals surface area contributed by atoms with Gasteiger partial charge in [-0.1, -0.05) is 6.92 Å². The Hall–Kier alpha value is -1.10. The minimum Gasteiger partial charge on any atom is -0.481 e. The molecule has 0 aromatic carbocycles. The van der Waals surface area contributed by atoms with Gasteiger partial charge in [0.25, 0.3) is 0 Å². The summed E-state index contributed by atoms with van der Waals surface area (Å²) >= 11 is 0. The first-order valence-electron chi connectivity index (χ1n) is 5.65. The van der Waals surface area contributed by atoms with Gasteiger partial charge < -0.3 is 15.2 Å². The first kappa shape index (κ1) is 13.0. The van der Waals surface area contributed by atoms with E-state index in [-0.39, 0.29) is 30.5 Å². The molecule has 0 aromatic heterocycles. The Kier molecular flexibility index (Phi) is 4.73. The van der Waals surface area contributed by atoms with Crippen molar-refractivity contribution in [3.05, 3.63) is 0 Å². The molecule has 0 spiro atoms. The number of carboxylic acid groups (broad SMARTS) is 1. The summed E-state index contributed by atoms with van der Waals surface area (Å²) < 4.78 is 5.49. The minimum absolute atomic E-state index is 0.0811. The fraction of sp³-hybridized carbons (Fsp3) is 0.818. The lowest BCUT2D eigenvalue weighted by molar-refractivity contribution is -0.137. The number of carbonyl (C=O) groups is 2. The number of carboxylic acids is 1. The summed E-state index contributed by atoms with van der Waals surface area (Å²) in [5.74, 6) is -0.731. The Morgan fingerprint density at radius 1 is 1.44 bits per heavy atom. The first-order valence-corrected chi connectivity index (χ1v) is 5.65. The van der Waals surface area contributed by atoms with Gasteiger partial charge in [-0.25, -0.2) is 0 Å². The molecule has 1 heterocycles. The van der Waals surface area contributed by atoms with Gasteiger partial charge in [0.1, 0.15) is 6.10 Å². The second-order valence-corrected chi connectivity index (χ2v) is 4.37. The number of rotatable bonds is 5. The van der Waals surface area contributed by atoms with Crippen molar-refractivity contribution in [2.75, 3.05) is 6.54 Å². The Bertz CT molecular complexity index is 267. The molecule has 92 valence electrons. The van der Waals surface area contributed by atoms with Crippen LogP contribution in [0.1, 0.15) is 33.1 Å². The fourth-order valence-electron chi connectivity index (χ4n) is 1.96. The summed E-state index contributed by atoms with van der Waals surface area (Å²) in [7, 11) is 0. The molecule has 1 saturated heterocycles. The van der Waals surface area contributed by atoms with Crippen LogP contribution in [-0.4, -0.2) is 35.7 Å². The van der Waals surface area contributed by atoms with Crippen molar-refractivity contribution in [2.45, 2.75) is 45.3 Å². The maximum Gasteiger partial charge on any atom is 0.303 e. The van der Waals surface area contributed by atoms with Gasteiger partial charge >= 0.3 is 5.97 Å². The molecule has 0 saturated carbocycles. The van der Waals surface area contributed by atoms with Crippen LogP contribution in [-0.2, 0) is 14.3 Å². The Balaban J connectivity index is 2.22. The van der Waals surface area contributed by atoms with Crippen LogP contribution in [0.5, 0.6) is 0 Å². The topological polar surface area (TPSA) is 75.6 Å². The highest BCUT2D eigenvalue weighted by Crippen LogP contribution is 2.25. The average Bonchev–Trinajstić information content (AvgIpc) is 2.52. The van der Waals surface area contributed by atoms with Gasteiger partial charge in [-0.05, 0) is 25.7 Å². The summed E-state index contributed by atoms with van der Waals surface area (Å²) in [4.78, 5) is 21.9. The molecular weight excluding hydrogens is 210 g/mol. The zero-order valence-electron chi connectivity index (χ0n) is 9.73. The number of aliphatic carboxylic acids is 1. The van der Waals surface area contributed by atoms with E-state index in [0.717, 1.165) is 6.42 Å². The van der Waals surface area contributed by atoms with E-state index in [1.807, 2.05) is 13.8 Å². The van der Waals surface area contributed by atoms with Crippen molar-refractivity contribution in [1.29, 1.82) is 0 Å². The second-order valence-electron chi connectivity index (χ2n) is 4.37. The summed E-state index contributed by atoms with van der Waals surface area (Å²) in [6, 6.07) is 0. The molecule has 0 bridgehead atoms. The summed E-state index contributed by atoms with van der Waals surface area (Å²) in [5, 5.41) is 11.1. The highest BCUT2D eigenvalue weighted by atomic mass is 16.5. The SMILES string of the molecule is CC1CC(C)C(C(=O)NCCCC(=O)O)O1. The van der Waals surface area contributed by atoms with E-state index in [4.69, 9.17) is 9.84 Å². The molecule has 1 amide bonds. The quantitative estimate of drug-likeness (QED) is 0.683. The standard InChI is InChI=1S/C11H19NO4/c1-7-6-8(2)16-10(7)11(15)12-5-3-4-9(13)14/h7-8,10H,3-6H2,1-2H3,(H,12,15)(H,13,14). The molecule has 2 N–H and O–H groups in total. The van der Waals surface area contributed by atoms with Crippen LogP contribution in [0.25, 0.3) is 0 Å². The predicted molar refractivity (Wildman–Crippen MR) is 58.0 cm³/mol. The molecular formula is C11H19NO4. The number of ether oxygens (including phenoxy) is 1. The van der Waals surface area contributed by atoms with Gasteiger partial charge in [0.05, 0.1) is 6.10 Å². The lowest BCUT2D eigenvalue weighted by atomic mass is 10.0. The van der Waals surface area contributed by atoms with E-state index in [2.05, 4.69) is 5.32 Å². The van der Waals surface area contributed by atoms with Crippen molar-refractivity contribution in [2.24, 2.45) is 5.92 Å². The Labute approximate surface area is 95.2 Å². The third-order valence-electron chi connectivity index (χ3n) is 2.72. The molecule has 1 rings (SSSR count). The van der Waals surface area contributed by atoms with Crippen LogP contribution >= 0.6 is 0 Å². The number of amides is 1. The molecule has 3 unspecified atom stereocenters. The summed E-state index contributed by atoms with van der Waals surface area (Å²) in [6.07, 6.45) is 1.19. The lowest BCUT2D eigenvalue weighted by Crippen LogP contribution is -2.38. The fourth-order valence-corrected chi connectivity index (χ4v) is 1.96. The maximum absolute atomic E-state index is 11.7. The van der Waals surface area contributed by atoms with Gasteiger partial charge in [-0.2, -0.15) is 0 Å². The van der Waals surface area contributed by atoms with E-state index < -0.39 is 5.97 Å². The average molecular weight is 229 g/mol. The summed E-state index contributed by atoms with van der Waals surface area (Å²) in [6.45, 7) is 4.34. The zero-order chi connectivity index (χ0) is 12.1. The van der Waals surface area contributed by atoms with Crippen LogP contribution in [0.3, 0.4) is 0 Å². The molecule has 1 fully saturated rings. The van der Waals surface area contributed by atoms with Crippen LogP contribution in [0.15, 0.2) is 0 Å². The molecule has 5 heteroatoms. The maximum atomic E-state index is 11.7. The zero-order valence-corrected chi connectivity index (χ0v) is 9.73. The van der Waals surface area contributed by atoms with Gasteiger partial charge in [0, 0.05) is 13.0 Å². The van der Waals surface area contributed by atoms with Crippen molar-refractivity contribution in [1.82, 2.24) is 5.32 Å². The molecule has 16 heavy (non-hydrogen) atoms. The van der Waals surface area contributed by atoms with Gasteiger partial charge in [-0.3, -0.25) is 9.59 Å². The third kappa shape index (κ3) is 3.81. The van der Waals surface area contributed by atoms with Crippen molar-refractivity contribution in [3.63, 3.8) is 0 Å². The number of hydrogen-bond donors (Lipinski definition) is 2. The smallest absolute Gasteiger partial charge is 0.303 e. The Morgan fingerprint density at radius 3 is 2.62 bits per heavy atom. The summed E-state index contributed by atoms with van der Waals surface area (Å²) in [5.41, 5.74) is 0. The molecule has 1 aliphatic heterocycles. The number of carbonyl (C=O) groups excluding carboxylic acids is 1. The molecule has 3 atom stereocenters. The molecule has 0 radical (unpaired) electrons. The van der Waals surface area contributed by atoms with Gasteiger partial charge in [0.2, 0.25) is 5.91 Å². The van der Waals surface area contributed by atoms with E-state index >= 15 is 0 Å². The lowest BCUT2D eigenvalue weighted by Gasteiger charge is -2.14. The largest absolute Gasteiger partial charge is 0.481 e. The van der Waals surface area contributed by atoms with E-state index in [1.165, 1.54) is 0 Å². The van der Waals surface area contributed by atoms with Crippen LogP contribution in [0, 0.1) is 5.92 Å². The first-order chi connectivity index (χ1) is 7.50.